The molecule has 0 aromatic heterocycles. The van der Waals surface area contributed by atoms with Gasteiger partial charge in [-0.15, -0.1) is 0 Å². The lowest BCUT2D eigenvalue weighted by molar-refractivity contribution is -0.133. The van der Waals surface area contributed by atoms with Crippen LogP contribution in [-0.2, 0) is 15.1 Å². The molecule has 1 rings (SSSR count). The minimum absolute atomic E-state index is 0.190. The Morgan fingerprint density at radius 2 is 1.37 bits per heavy atom. The van der Waals surface area contributed by atoms with E-state index in [2.05, 4.69) is 0 Å². The van der Waals surface area contributed by atoms with E-state index in [1.165, 1.54) is 0 Å². The van der Waals surface area contributed by atoms with Gasteiger partial charge in [-0.3, -0.25) is 0 Å². The average molecular weight is 263 g/mol. The van der Waals surface area contributed by atoms with Gasteiger partial charge in [-0.1, -0.05) is 53.7 Å². The van der Waals surface area contributed by atoms with Crippen molar-refractivity contribution in [3.05, 3.63) is 29.8 Å². The lowest BCUT2D eigenvalue weighted by Gasteiger charge is -2.51. The number of hydrogen-bond donors (Lipinski definition) is 1. The normalized spacial score (nSPS) is 13.2. The van der Waals surface area contributed by atoms with Crippen LogP contribution < -0.4 is 0 Å². The van der Waals surface area contributed by atoms with Crippen molar-refractivity contribution in [3.8, 4) is 5.75 Å². The molecule has 19 heavy (non-hydrogen) atoms. The Bertz CT molecular complexity index is 419. The number of carbonyl (C=O) groups excluding carboxylic acids is 1. The maximum atomic E-state index is 11.0. The van der Waals surface area contributed by atoms with Gasteiger partial charge in [0.05, 0.1) is 0 Å². The zero-order valence-corrected chi connectivity index (χ0v) is 12.6. The molecule has 1 aromatic rings. The topological polar surface area (TPSA) is 46.5 Å². The van der Waals surface area contributed by atoms with E-state index in [4.69, 9.17) is 4.74 Å². The molecule has 0 fully saturated rings. The Morgan fingerprint density at radius 1 is 0.947 bits per heavy atom. The first kappa shape index (κ1) is 15.5. The minimum Gasteiger partial charge on any atom is -0.508 e. The Balaban J connectivity index is 3.57. The predicted octanol–water partition coefficient (Wildman–Crippen LogP) is 3.76. The largest absolute Gasteiger partial charge is 0.508 e. The van der Waals surface area contributed by atoms with Gasteiger partial charge in [0.1, 0.15) is 11.4 Å². The van der Waals surface area contributed by atoms with Crippen LogP contribution in [0.15, 0.2) is 24.3 Å². The van der Waals surface area contributed by atoms with Crippen molar-refractivity contribution in [3.63, 3.8) is 0 Å². The molecule has 0 spiro atoms. The van der Waals surface area contributed by atoms with Gasteiger partial charge in [0.15, 0.2) is 0 Å². The Kier molecular flexibility index (Phi) is 3.99. The van der Waals surface area contributed by atoms with Crippen molar-refractivity contribution < 1.29 is 14.6 Å². The summed E-state index contributed by atoms with van der Waals surface area (Å²) >= 11 is 0. The van der Waals surface area contributed by atoms with Crippen LogP contribution in [0.4, 0.5) is 0 Å². The number of aromatic hydroxyl groups is 1. The molecule has 0 amide bonds. The number of phenols is 1. The molecule has 105 valence electrons. The highest BCUT2D eigenvalue weighted by Gasteiger charge is 2.54. The summed E-state index contributed by atoms with van der Waals surface area (Å²) in [5.74, 6) is 0.190. The second-order valence-electron chi connectivity index (χ2n) is 6.91. The number of hydrogen-bond acceptors (Lipinski definition) is 3. The molecule has 0 saturated carbocycles. The summed E-state index contributed by atoms with van der Waals surface area (Å²) < 4.78 is 5.50. The van der Waals surface area contributed by atoms with E-state index in [-0.39, 0.29) is 16.6 Å². The van der Waals surface area contributed by atoms with Gasteiger partial charge in [-0.05, 0) is 17.7 Å². The van der Waals surface area contributed by atoms with Crippen LogP contribution in [0.3, 0.4) is 0 Å². The molecule has 3 nitrogen and oxygen atoms in total. The van der Waals surface area contributed by atoms with Crippen LogP contribution in [0.2, 0.25) is 0 Å². The molecule has 0 atom stereocenters. The molecular weight excluding hydrogens is 240 g/mol. The molecule has 0 unspecified atom stereocenters. The van der Waals surface area contributed by atoms with E-state index in [1.807, 2.05) is 41.5 Å². The Hall–Kier alpha value is -1.51. The molecule has 0 aliphatic rings. The Labute approximate surface area is 115 Å². The molecule has 0 saturated heterocycles. The Morgan fingerprint density at radius 3 is 1.68 bits per heavy atom. The second-order valence-corrected chi connectivity index (χ2v) is 6.91. The summed E-state index contributed by atoms with van der Waals surface area (Å²) in [5.41, 5.74) is -0.608. The number of ether oxygens (including phenoxy) is 1. The fourth-order valence-electron chi connectivity index (χ4n) is 3.11. The lowest BCUT2D eigenvalue weighted by Crippen LogP contribution is -2.52. The van der Waals surface area contributed by atoms with E-state index >= 15 is 0 Å². The smallest absolute Gasteiger partial charge is 0.418 e. The summed E-state index contributed by atoms with van der Waals surface area (Å²) in [5, 5.41) is 9.44. The summed E-state index contributed by atoms with van der Waals surface area (Å²) in [7, 11) is 0. The molecule has 1 N–H and O–H groups in total. The molecule has 3 heteroatoms. The van der Waals surface area contributed by atoms with Crippen molar-refractivity contribution in [2.75, 3.05) is 0 Å². The monoisotopic (exact) mass is 263 g/mol. The number of phenolic OH excluding ortho intramolecular Hbond substituents is 1. The van der Waals surface area contributed by atoms with Crippen LogP contribution in [0.1, 0.15) is 47.1 Å². The molecule has 0 aliphatic heterocycles. The van der Waals surface area contributed by atoms with Crippen molar-refractivity contribution in [1.82, 2.24) is 0 Å². The standard InChI is InChI=1S/C16H23O3/c1-14(2,3)16(19-11-17,15(4,5)6)12-7-9-13(18)10-8-12/h7-10,18H,1-6H3. The van der Waals surface area contributed by atoms with Crippen molar-refractivity contribution >= 4 is 6.47 Å². The summed E-state index contributed by atoms with van der Waals surface area (Å²) in [6, 6.07) is 6.80. The number of benzene rings is 1. The van der Waals surface area contributed by atoms with Gasteiger partial charge in [-0.2, -0.15) is 0 Å². The fraction of sp³-hybridized carbons (Fsp3) is 0.562. The zero-order valence-electron chi connectivity index (χ0n) is 12.6. The van der Waals surface area contributed by atoms with Crippen LogP contribution in [0.5, 0.6) is 5.75 Å². The van der Waals surface area contributed by atoms with Gasteiger partial charge in [0, 0.05) is 10.8 Å². The molecule has 0 bridgehead atoms. The molecule has 0 heterocycles. The SMILES string of the molecule is CC(C)(C)C(O[C]=O)(c1ccc(O)cc1)C(C)(C)C. The maximum Gasteiger partial charge on any atom is 0.418 e. The third kappa shape index (κ3) is 2.60. The van der Waals surface area contributed by atoms with Gasteiger partial charge in [0.25, 0.3) is 0 Å². The van der Waals surface area contributed by atoms with Crippen molar-refractivity contribution in [1.29, 1.82) is 0 Å². The van der Waals surface area contributed by atoms with Crippen LogP contribution in [0.25, 0.3) is 0 Å². The number of rotatable bonds is 3. The first-order chi connectivity index (χ1) is 8.56. The van der Waals surface area contributed by atoms with E-state index in [0.29, 0.717) is 0 Å². The first-order valence-corrected chi connectivity index (χ1v) is 6.41. The first-order valence-electron chi connectivity index (χ1n) is 6.41. The van der Waals surface area contributed by atoms with E-state index in [9.17, 15) is 9.90 Å². The van der Waals surface area contributed by atoms with Crippen molar-refractivity contribution in [2.24, 2.45) is 10.8 Å². The summed E-state index contributed by atoms with van der Waals surface area (Å²) in [4.78, 5) is 11.0. The second kappa shape index (κ2) is 4.87. The minimum atomic E-state index is -0.824. The van der Waals surface area contributed by atoms with E-state index in [0.717, 1.165) is 5.56 Å². The zero-order chi connectivity index (χ0) is 14.9. The average Bonchev–Trinajstić information content (AvgIpc) is 2.24. The quantitative estimate of drug-likeness (QED) is 0.903. The van der Waals surface area contributed by atoms with Gasteiger partial charge >= 0.3 is 6.47 Å². The molecule has 1 aromatic carbocycles. The van der Waals surface area contributed by atoms with E-state index < -0.39 is 5.60 Å². The van der Waals surface area contributed by atoms with Crippen molar-refractivity contribution in [2.45, 2.75) is 47.1 Å². The van der Waals surface area contributed by atoms with Gasteiger partial charge in [-0.25, -0.2) is 4.79 Å². The molecule has 1 radical (unpaired) electrons. The van der Waals surface area contributed by atoms with Gasteiger partial charge < -0.3 is 9.84 Å². The fourth-order valence-corrected chi connectivity index (χ4v) is 3.11. The third-order valence-corrected chi connectivity index (χ3v) is 3.58. The lowest BCUT2D eigenvalue weighted by atomic mass is 9.59. The van der Waals surface area contributed by atoms with Crippen LogP contribution >= 0.6 is 0 Å². The molecular formula is C16H23O3. The van der Waals surface area contributed by atoms with Crippen LogP contribution in [0, 0.1) is 10.8 Å². The predicted molar refractivity (Wildman–Crippen MR) is 75.5 cm³/mol. The highest BCUT2D eigenvalue weighted by Crippen LogP contribution is 2.53. The maximum absolute atomic E-state index is 11.0. The summed E-state index contributed by atoms with van der Waals surface area (Å²) in [6.45, 7) is 13.8. The van der Waals surface area contributed by atoms with Crippen LogP contribution in [-0.4, -0.2) is 11.6 Å². The third-order valence-electron chi connectivity index (χ3n) is 3.58. The summed E-state index contributed by atoms with van der Waals surface area (Å²) in [6.07, 6.45) is 0. The molecule has 0 aliphatic carbocycles. The highest BCUT2D eigenvalue weighted by molar-refractivity contribution is 5.44. The van der Waals surface area contributed by atoms with Gasteiger partial charge in [0.2, 0.25) is 0 Å². The highest BCUT2D eigenvalue weighted by atomic mass is 16.5. The van der Waals surface area contributed by atoms with E-state index in [1.54, 1.807) is 30.7 Å².